The van der Waals surface area contributed by atoms with Crippen LogP contribution >= 0.6 is 0 Å². The molecular weight excluding hydrogens is 348 g/mol. The molecule has 1 aliphatic rings. The predicted octanol–water partition coefficient (Wildman–Crippen LogP) is 3.73. The zero-order chi connectivity index (χ0) is 19.4. The van der Waals surface area contributed by atoms with Gasteiger partial charge in [0.2, 0.25) is 5.91 Å². The van der Waals surface area contributed by atoms with Crippen molar-refractivity contribution in [3.8, 4) is 0 Å². The number of rotatable bonds is 5. The number of aryl methyl sites for hydroxylation is 1. The van der Waals surface area contributed by atoms with Crippen molar-refractivity contribution >= 4 is 17.3 Å². The summed E-state index contributed by atoms with van der Waals surface area (Å²) >= 11 is 0. The summed E-state index contributed by atoms with van der Waals surface area (Å²) in [7, 11) is 0. The van der Waals surface area contributed by atoms with Crippen LogP contribution in [0.15, 0.2) is 36.4 Å². The molecule has 1 N–H and O–H groups in total. The van der Waals surface area contributed by atoms with Gasteiger partial charge in [-0.1, -0.05) is 12.1 Å². The molecule has 2 aromatic carbocycles. The number of hydrogen-bond donors (Lipinski definition) is 1. The van der Waals surface area contributed by atoms with Crippen LogP contribution in [0.3, 0.4) is 0 Å². The lowest BCUT2D eigenvalue weighted by Crippen LogP contribution is -2.49. The highest BCUT2D eigenvalue weighted by Gasteiger charge is 2.22. The summed E-state index contributed by atoms with van der Waals surface area (Å²) in [4.78, 5) is 16.6. The Labute approximate surface area is 158 Å². The lowest BCUT2D eigenvalue weighted by atomic mass is 10.1. The lowest BCUT2D eigenvalue weighted by molar-refractivity contribution is -0.131. The van der Waals surface area contributed by atoms with E-state index >= 15 is 0 Å². The summed E-state index contributed by atoms with van der Waals surface area (Å²) in [5.74, 6) is -1.22. The Balaban J connectivity index is 1.48. The molecule has 0 aliphatic carbocycles. The molecule has 1 heterocycles. The molecule has 0 atom stereocenters. The molecular formula is C21H25F2N3O. The van der Waals surface area contributed by atoms with Crippen molar-refractivity contribution in [1.82, 2.24) is 4.90 Å². The van der Waals surface area contributed by atoms with Gasteiger partial charge in [-0.05, 0) is 43.2 Å². The first-order chi connectivity index (χ1) is 13.0. The topological polar surface area (TPSA) is 35.6 Å². The number of carbonyl (C=O) groups excluding carboxylic acids is 1. The van der Waals surface area contributed by atoms with Crippen molar-refractivity contribution in [1.29, 1.82) is 0 Å². The van der Waals surface area contributed by atoms with Gasteiger partial charge in [0, 0.05) is 50.9 Å². The standard InChI is InChI=1S/C21H25F2N3O/c1-15-4-3-5-20(16(15)2)25-10-12-26(13-11-25)21(27)8-9-24-19-7-6-17(22)14-18(19)23/h3-7,14,24H,8-13H2,1-2H3. The molecule has 4 nitrogen and oxygen atoms in total. The normalized spacial score (nSPS) is 14.4. The maximum atomic E-state index is 13.6. The second-order valence-electron chi connectivity index (χ2n) is 6.89. The van der Waals surface area contributed by atoms with Gasteiger partial charge < -0.3 is 15.1 Å². The molecule has 0 radical (unpaired) electrons. The molecule has 3 rings (SSSR count). The Morgan fingerprint density at radius 2 is 1.81 bits per heavy atom. The van der Waals surface area contributed by atoms with Crippen molar-refractivity contribution in [2.45, 2.75) is 20.3 Å². The Morgan fingerprint density at radius 1 is 1.07 bits per heavy atom. The quantitative estimate of drug-likeness (QED) is 0.867. The van der Waals surface area contributed by atoms with Crippen molar-refractivity contribution in [2.75, 3.05) is 42.9 Å². The third-order valence-corrected chi connectivity index (χ3v) is 5.13. The van der Waals surface area contributed by atoms with Crippen LogP contribution < -0.4 is 10.2 Å². The number of amides is 1. The Morgan fingerprint density at radius 3 is 2.52 bits per heavy atom. The first-order valence-electron chi connectivity index (χ1n) is 9.23. The van der Waals surface area contributed by atoms with Crippen LogP contribution in [0.2, 0.25) is 0 Å². The summed E-state index contributed by atoms with van der Waals surface area (Å²) in [6.07, 6.45) is 0.278. The molecule has 1 fully saturated rings. The van der Waals surface area contributed by atoms with Crippen LogP contribution in [0.4, 0.5) is 20.2 Å². The second kappa shape index (κ2) is 8.37. The van der Waals surface area contributed by atoms with Gasteiger partial charge in [-0.2, -0.15) is 0 Å². The molecule has 1 aliphatic heterocycles. The molecule has 0 unspecified atom stereocenters. The number of carbonyl (C=O) groups is 1. The Kier molecular flexibility index (Phi) is 5.94. The van der Waals surface area contributed by atoms with E-state index in [2.05, 4.69) is 42.3 Å². The van der Waals surface area contributed by atoms with E-state index in [9.17, 15) is 13.6 Å². The Hall–Kier alpha value is -2.63. The fourth-order valence-corrected chi connectivity index (χ4v) is 3.37. The van der Waals surface area contributed by atoms with Crippen LogP contribution in [0.25, 0.3) is 0 Å². The minimum atomic E-state index is -0.649. The van der Waals surface area contributed by atoms with E-state index in [0.29, 0.717) is 19.6 Å². The average molecular weight is 373 g/mol. The monoisotopic (exact) mass is 373 g/mol. The van der Waals surface area contributed by atoms with Gasteiger partial charge in [-0.25, -0.2) is 8.78 Å². The fraction of sp³-hybridized carbons (Fsp3) is 0.381. The van der Waals surface area contributed by atoms with E-state index in [0.717, 1.165) is 19.2 Å². The first-order valence-corrected chi connectivity index (χ1v) is 9.23. The van der Waals surface area contributed by atoms with E-state index in [1.54, 1.807) is 0 Å². The van der Waals surface area contributed by atoms with Gasteiger partial charge >= 0.3 is 0 Å². The summed E-state index contributed by atoms with van der Waals surface area (Å²) in [5.41, 5.74) is 3.99. The fourth-order valence-electron chi connectivity index (χ4n) is 3.37. The minimum absolute atomic E-state index is 0.0469. The summed E-state index contributed by atoms with van der Waals surface area (Å²) in [6.45, 7) is 7.51. The predicted molar refractivity (Wildman–Crippen MR) is 104 cm³/mol. The van der Waals surface area contributed by atoms with Crippen LogP contribution in [0.5, 0.6) is 0 Å². The highest BCUT2D eigenvalue weighted by Crippen LogP contribution is 2.24. The lowest BCUT2D eigenvalue weighted by Gasteiger charge is -2.37. The SMILES string of the molecule is Cc1cccc(N2CCN(C(=O)CCNc3ccc(F)cc3F)CC2)c1C. The van der Waals surface area contributed by atoms with Gasteiger partial charge in [0.25, 0.3) is 0 Å². The number of nitrogens with zero attached hydrogens (tertiary/aromatic N) is 2. The maximum absolute atomic E-state index is 13.6. The smallest absolute Gasteiger partial charge is 0.224 e. The average Bonchev–Trinajstić information content (AvgIpc) is 2.66. The Bertz CT molecular complexity index is 817. The number of piperazine rings is 1. The van der Waals surface area contributed by atoms with E-state index in [1.165, 1.54) is 28.9 Å². The van der Waals surface area contributed by atoms with Crippen LogP contribution in [0, 0.1) is 25.5 Å². The van der Waals surface area contributed by atoms with Crippen LogP contribution in [-0.4, -0.2) is 43.5 Å². The molecule has 1 saturated heterocycles. The maximum Gasteiger partial charge on any atom is 0.224 e. The van der Waals surface area contributed by atoms with Gasteiger partial charge in [-0.15, -0.1) is 0 Å². The largest absolute Gasteiger partial charge is 0.382 e. The van der Waals surface area contributed by atoms with E-state index < -0.39 is 11.6 Å². The number of halogens is 2. The van der Waals surface area contributed by atoms with E-state index in [-0.39, 0.29) is 18.0 Å². The molecule has 2 aromatic rings. The highest BCUT2D eigenvalue weighted by atomic mass is 19.1. The molecule has 144 valence electrons. The van der Waals surface area contributed by atoms with Gasteiger partial charge in [0.15, 0.2) is 0 Å². The van der Waals surface area contributed by atoms with Gasteiger partial charge in [0.05, 0.1) is 5.69 Å². The molecule has 0 aromatic heterocycles. The highest BCUT2D eigenvalue weighted by molar-refractivity contribution is 5.77. The summed E-state index contributed by atoms with van der Waals surface area (Å²) < 4.78 is 26.5. The zero-order valence-electron chi connectivity index (χ0n) is 15.8. The van der Waals surface area contributed by atoms with Gasteiger partial charge in [0.1, 0.15) is 11.6 Å². The molecule has 27 heavy (non-hydrogen) atoms. The van der Waals surface area contributed by atoms with E-state index in [4.69, 9.17) is 0 Å². The van der Waals surface area contributed by atoms with Crippen molar-refractivity contribution in [3.05, 3.63) is 59.2 Å². The minimum Gasteiger partial charge on any atom is -0.382 e. The van der Waals surface area contributed by atoms with Crippen LogP contribution in [-0.2, 0) is 4.79 Å². The number of anilines is 2. The van der Waals surface area contributed by atoms with Crippen molar-refractivity contribution in [3.63, 3.8) is 0 Å². The number of nitrogens with one attached hydrogen (secondary N) is 1. The third-order valence-electron chi connectivity index (χ3n) is 5.13. The molecule has 0 saturated carbocycles. The van der Waals surface area contributed by atoms with Gasteiger partial charge in [-0.3, -0.25) is 4.79 Å². The molecule has 0 bridgehead atoms. The summed E-state index contributed by atoms with van der Waals surface area (Å²) in [6, 6.07) is 9.67. The third kappa shape index (κ3) is 4.56. The van der Waals surface area contributed by atoms with E-state index in [1.807, 2.05) is 4.90 Å². The van der Waals surface area contributed by atoms with Crippen molar-refractivity contribution < 1.29 is 13.6 Å². The molecule has 1 amide bonds. The van der Waals surface area contributed by atoms with Crippen molar-refractivity contribution in [2.24, 2.45) is 0 Å². The molecule has 6 heteroatoms. The first kappa shape index (κ1) is 19.1. The zero-order valence-corrected chi connectivity index (χ0v) is 15.8. The second-order valence-corrected chi connectivity index (χ2v) is 6.89. The number of hydrogen-bond acceptors (Lipinski definition) is 3. The van der Waals surface area contributed by atoms with Crippen LogP contribution in [0.1, 0.15) is 17.5 Å². The molecule has 0 spiro atoms. The number of benzene rings is 2. The summed E-state index contributed by atoms with van der Waals surface area (Å²) in [5, 5.41) is 2.86.